The van der Waals surface area contributed by atoms with Gasteiger partial charge in [-0.2, -0.15) is 0 Å². The van der Waals surface area contributed by atoms with E-state index in [4.69, 9.17) is 4.74 Å². The summed E-state index contributed by atoms with van der Waals surface area (Å²) in [5, 5.41) is 3.20. The molecule has 0 aliphatic heterocycles. The number of rotatable bonds is 7. The third-order valence-electron chi connectivity index (χ3n) is 6.90. The first-order valence-corrected chi connectivity index (χ1v) is 12.2. The maximum atomic E-state index is 10.8. The molecule has 2 nitrogen and oxygen atoms in total. The molecule has 0 spiro atoms. The van der Waals surface area contributed by atoms with E-state index < -0.39 is 8.07 Å². The van der Waals surface area contributed by atoms with Crippen LogP contribution in [0, 0.1) is 11.3 Å². The zero-order valence-corrected chi connectivity index (χ0v) is 18.1. The molecule has 1 aliphatic rings. The molecular formula is C24H32O2Si. The molecule has 0 N–H and O–H groups in total. The third kappa shape index (κ3) is 3.62. The Labute approximate surface area is 165 Å². The van der Waals surface area contributed by atoms with Crippen molar-refractivity contribution in [3.05, 3.63) is 60.7 Å². The SMILES string of the molecule is CC(C)(C)[Si](C[C@H]1CC[C@]1(C)COC=O)(c1ccccc1)c1ccccc1. The second-order valence-corrected chi connectivity index (χ2v) is 14.3. The normalized spacial score (nSPS) is 22.7. The molecule has 3 rings (SSSR count). The van der Waals surface area contributed by atoms with E-state index in [-0.39, 0.29) is 10.5 Å². The molecule has 0 unspecified atom stereocenters. The van der Waals surface area contributed by atoms with Crippen molar-refractivity contribution in [3.8, 4) is 0 Å². The van der Waals surface area contributed by atoms with Gasteiger partial charge in [0.2, 0.25) is 0 Å². The average molecular weight is 381 g/mol. The third-order valence-corrected chi connectivity index (χ3v) is 13.2. The van der Waals surface area contributed by atoms with Gasteiger partial charge < -0.3 is 4.74 Å². The van der Waals surface area contributed by atoms with Gasteiger partial charge in [-0.05, 0) is 29.8 Å². The van der Waals surface area contributed by atoms with Crippen LogP contribution in [0.5, 0.6) is 0 Å². The number of hydrogen-bond donors (Lipinski definition) is 0. The van der Waals surface area contributed by atoms with Crippen LogP contribution in [0.3, 0.4) is 0 Å². The summed E-state index contributed by atoms with van der Waals surface area (Å²) in [6.45, 7) is 10.7. The highest BCUT2D eigenvalue weighted by Gasteiger charge is 2.53. The summed E-state index contributed by atoms with van der Waals surface area (Å²) in [7, 11) is -2.05. The molecule has 0 amide bonds. The molecule has 1 aliphatic carbocycles. The van der Waals surface area contributed by atoms with E-state index in [2.05, 4.69) is 88.4 Å². The Morgan fingerprint density at radius 3 is 1.93 bits per heavy atom. The summed E-state index contributed by atoms with van der Waals surface area (Å²) in [5.41, 5.74) is 0.105. The summed E-state index contributed by atoms with van der Waals surface area (Å²) in [5.74, 6) is 0.587. The fourth-order valence-electron chi connectivity index (χ4n) is 4.99. The van der Waals surface area contributed by atoms with E-state index in [0.717, 1.165) is 6.42 Å². The van der Waals surface area contributed by atoms with Crippen molar-refractivity contribution in [1.29, 1.82) is 0 Å². The summed E-state index contributed by atoms with van der Waals surface area (Å²) < 4.78 is 5.22. The Kier molecular flexibility index (Phi) is 5.62. The second kappa shape index (κ2) is 7.63. The van der Waals surface area contributed by atoms with Crippen LogP contribution in [-0.2, 0) is 9.53 Å². The minimum absolute atomic E-state index is 0.105. The number of carbonyl (C=O) groups is 1. The molecule has 0 saturated heterocycles. The maximum Gasteiger partial charge on any atom is 0.293 e. The van der Waals surface area contributed by atoms with Gasteiger partial charge in [0.25, 0.3) is 6.47 Å². The molecule has 0 radical (unpaired) electrons. The van der Waals surface area contributed by atoms with E-state index >= 15 is 0 Å². The summed E-state index contributed by atoms with van der Waals surface area (Å²) in [4.78, 5) is 10.8. The molecule has 2 atom stereocenters. The molecule has 27 heavy (non-hydrogen) atoms. The fourth-order valence-corrected chi connectivity index (χ4v) is 11.1. The van der Waals surface area contributed by atoms with Crippen LogP contribution in [0.1, 0.15) is 40.5 Å². The molecule has 2 aromatic carbocycles. The van der Waals surface area contributed by atoms with E-state index in [1.807, 2.05) is 0 Å². The van der Waals surface area contributed by atoms with Crippen LogP contribution in [0.2, 0.25) is 11.1 Å². The van der Waals surface area contributed by atoms with Crippen molar-refractivity contribution in [1.82, 2.24) is 0 Å². The lowest BCUT2D eigenvalue weighted by Gasteiger charge is -2.53. The first-order valence-electron chi connectivity index (χ1n) is 10.00. The van der Waals surface area contributed by atoms with E-state index in [0.29, 0.717) is 19.0 Å². The molecule has 0 heterocycles. The number of benzene rings is 2. The number of hydrogen-bond acceptors (Lipinski definition) is 2. The first-order chi connectivity index (χ1) is 12.8. The van der Waals surface area contributed by atoms with E-state index in [9.17, 15) is 4.79 Å². The molecular weight excluding hydrogens is 348 g/mol. The summed E-state index contributed by atoms with van der Waals surface area (Å²) in [6.07, 6.45) is 2.37. The van der Waals surface area contributed by atoms with Gasteiger partial charge in [0.1, 0.15) is 8.07 Å². The van der Waals surface area contributed by atoms with Crippen LogP contribution < -0.4 is 10.4 Å². The molecule has 1 fully saturated rings. The topological polar surface area (TPSA) is 26.3 Å². The molecule has 2 aromatic rings. The average Bonchev–Trinajstić information content (AvgIpc) is 2.66. The van der Waals surface area contributed by atoms with Crippen LogP contribution in [0.25, 0.3) is 0 Å². The highest BCUT2D eigenvalue weighted by Crippen LogP contribution is 2.53. The highest BCUT2D eigenvalue weighted by molar-refractivity contribution is 7.04. The zero-order chi connectivity index (χ0) is 19.5. The standard InChI is InChI=1S/C24H32O2Si/c1-23(2,3)27(21-11-7-5-8-12-21,22-13-9-6-10-14-22)17-20-15-16-24(20,4)18-26-19-25/h5-14,19-20H,15-18H2,1-4H3/t20-,24-/m1/s1. The van der Waals surface area contributed by atoms with Crippen LogP contribution in [-0.4, -0.2) is 21.2 Å². The smallest absolute Gasteiger partial charge is 0.293 e. The Morgan fingerprint density at radius 1 is 1.04 bits per heavy atom. The van der Waals surface area contributed by atoms with Crippen molar-refractivity contribution in [2.24, 2.45) is 11.3 Å². The Balaban J connectivity index is 2.09. The van der Waals surface area contributed by atoms with Crippen molar-refractivity contribution in [2.75, 3.05) is 6.61 Å². The van der Waals surface area contributed by atoms with Gasteiger partial charge in [-0.3, -0.25) is 4.79 Å². The van der Waals surface area contributed by atoms with Crippen molar-refractivity contribution in [3.63, 3.8) is 0 Å². The van der Waals surface area contributed by atoms with Crippen molar-refractivity contribution >= 4 is 24.9 Å². The monoisotopic (exact) mass is 380 g/mol. The quantitative estimate of drug-likeness (QED) is 0.517. The minimum atomic E-state index is -2.05. The highest BCUT2D eigenvalue weighted by atomic mass is 28.3. The van der Waals surface area contributed by atoms with Crippen LogP contribution in [0.15, 0.2) is 60.7 Å². The summed E-state index contributed by atoms with van der Waals surface area (Å²) in [6, 6.07) is 23.5. The van der Waals surface area contributed by atoms with Gasteiger partial charge in [0.15, 0.2) is 0 Å². The van der Waals surface area contributed by atoms with Gasteiger partial charge in [-0.25, -0.2) is 0 Å². The van der Waals surface area contributed by atoms with E-state index in [1.54, 1.807) is 0 Å². The lowest BCUT2D eigenvalue weighted by Crippen LogP contribution is -2.66. The largest absolute Gasteiger partial charge is 0.467 e. The first kappa shape index (κ1) is 19.9. The van der Waals surface area contributed by atoms with Crippen LogP contribution >= 0.6 is 0 Å². The van der Waals surface area contributed by atoms with Crippen molar-refractivity contribution in [2.45, 2.75) is 51.6 Å². The van der Waals surface area contributed by atoms with Gasteiger partial charge in [-0.15, -0.1) is 0 Å². The molecule has 3 heteroatoms. The lowest BCUT2D eigenvalue weighted by molar-refractivity contribution is -0.136. The van der Waals surface area contributed by atoms with Crippen LogP contribution in [0.4, 0.5) is 0 Å². The van der Waals surface area contributed by atoms with Gasteiger partial charge in [0.05, 0.1) is 6.61 Å². The molecule has 1 saturated carbocycles. The maximum absolute atomic E-state index is 10.8. The van der Waals surface area contributed by atoms with Gasteiger partial charge in [-0.1, -0.05) is 98.7 Å². The van der Waals surface area contributed by atoms with Gasteiger partial charge in [0, 0.05) is 5.41 Å². The number of carbonyl (C=O) groups excluding carboxylic acids is 1. The fraction of sp³-hybridized carbons (Fsp3) is 0.458. The Bertz CT molecular complexity index is 711. The lowest BCUT2D eigenvalue weighted by atomic mass is 9.62. The predicted molar refractivity (Wildman–Crippen MR) is 115 cm³/mol. The zero-order valence-electron chi connectivity index (χ0n) is 17.1. The molecule has 0 aromatic heterocycles. The molecule has 144 valence electrons. The van der Waals surface area contributed by atoms with Gasteiger partial charge >= 0.3 is 0 Å². The van der Waals surface area contributed by atoms with E-state index in [1.165, 1.54) is 22.8 Å². The minimum Gasteiger partial charge on any atom is -0.467 e. The predicted octanol–water partition coefficient (Wildman–Crippen LogP) is 4.64. The summed E-state index contributed by atoms with van der Waals surface area (Å²) >= 11 is 0. The Morgan fingerprint density at radius 2 is 1.56 bits per heavy atom. The Hall–Kier alpha value is -1.87. The number of ether oxygens (including phenoxy) is 1. The molecule has 0 bridgehead atoms. The van der Waals surface area contributed by atoms with Crippen molar-refractivity contribution < 1.29 is 9.53 Å². The second-order valence-electron chi connectivity index (χ2n) is 9.39.